The summed E-state index contributed by atoms with van der Waals surface area (Å²) in [5.41, 5.74) is 7.29. The summed E-state index contributed by atoms with van der Waals surface area (Å²) >= 11 is 4.74. The van der Waals surface area contributed by atoms with E-state index in [9.17, 15) is 4.79 Å². The zero-order chi connectivity index (χ0) is 12.7. The fourth-order valence-corrected chi connectivity index (χ4v) is 1.42. The first-order chi connectivity index (χ1) is 8.08. The molecule has 0 saturated heterocycles. The number of hydrogen-bond acceptors (Lipinski definition) is 2. The summed E-state index contributed by atoms with van der Waals surface area (Å²) < 4.78 is 0. The van der Waals surface area contributed by atoms with Crippen LogP contribution in [0.15, 0.2) is 24.3 Å². The molecule has 1 rings (SSSR count). The number of aryl methyl sites for hydroxylation is 1. The summed E-state index contributed by atoms with van der Waals surface area (Å²) in [7, 11) is 0. The number of carbonyl (C=O) groups excluding carboxylic acids is 1. The largest absolute Gasteiger partial charge is 0.393 e. The quantitative estimate of drug-likeness (QED) is 0.555. The standard InChI is InChI=1S/C12H17N3OS/c1-9-4-6-10(7-5-9)15-12(16)14-8-2-3-11(13)17/h4-7H,2-3,8H2,1H3,(H2,13,17)(H2,14,15,16). The minimum Gasteiger partial charge on any atom is -0.393 e. The van der Waals surface area contributed by atoms with E-state index in [0.29, 0.717) is 18.0 Å². The summed E-state index contributed by atoms with van der Waals surface area (Å²) in [6.45, 7) is 2.56. The molecule has 0 aromatic heterocycles. The Labute approximate surface area is 107 Å². The molecule has 0 spiro atoms. The topological polar surface area (TPSA) is 67.2 Å². The van der Waals surface area contributed by atoms with Crippen molar-refractivity contribution in [3.63, 3.8) is 0 Å². The molecular formula is C12H17N3OS. The fourth-order valence-electron chi connectivity index (χ4n) is 1.28. The number of anilines is 1. The van der Waals surface area contributed by atoms with E-state index in [1.54, 1.807) is 0 Å². The van der Waals surface area contributed by atoms with Gasteiger partial charge in [0.05, 0.1) is 4.99 Å². The van der Waals surface area contributed by atoms with Crippen LogP contribution in [0.25, 0.3) is 0 Å². The van der Waals surface area contributed by atoms with Crippen LogP contribution >= 0.6 is 12.2 Å². The summed E-state index contributed by atoms with van der Waals surface area (Å²) in [6.07, 6.45) is 1.41. The predicted molar refractivity (Wildman–Crippen MR) is 74.2 cm³/mol. The first kappa shape index (κ1) is 13.4. The van der Waals surface area contributed by atoms with E-state index in [4.69, 9.17) is 18.0 Å². The van der Waals surface area contributed by atoms with Crippen molar-refractivity contribution in [2.45, 2.75) is 19.8 Å². The average molecular weight is 251 g/mol. The molecule has 0 atom stereocenters. The van der Waals surface area contributed by atoms with Gasteiger partial charge in [0.15, 0.2) is 0 Å². The van der Waals surface area contributed by atoms with Crippen LogP contribution in [0.4, 0.5) is 10.5 Å². The fraction of sp³-hybridized carbons (Fsp3) is 0.333. The molecule has 0 aliphatic carbocycles. The molecule has 0 fully saturated rings. The van der Waals surface area contributed by atoms with Crippen molar-refractivity contribution in [3.05, 3.63) is 29.8 Å². The van der Waals surface area contributed by atoms with Crippen LogP contribution in [0.3, 0.4) is 0 Å². The lowest BCUT2D eigenvalue weighted by Crippen LogP contribution is -2.30. The number of urea groups is 1. The molecule has 92 valence electrons. The summed E-state index contributed by atoms with van der Waals surface area (Å²) in [6, 6.07) is 7.41. The summed E-state index contributed by atoms with van der Waals surface area (Å²) in [4.78, 5) is 11.9. The van der Waals surface area contributed by atoms with Gasteiger partial charge in [-0.1, -0.05) is 29.9 Å². The van der Waals surface area contributed by atoms with Crippen LogP contribution < -0.4 is 16.4 Å². The van der Waals surface area contributed by atoms with Crippen molar-refractivity contribution in [2.75, 3.05) is 11.9 Å². The number of nitrogens with two attached hydrogens (primary N) is 1. The molecule has 5 heteroatoms. The Hall–Kier alpha value is -1.62. The van der Waals surface area contributed by atoms with Crippen LogP contribution in [-0.2, 0) is 0 Å². The molecular weight excluding hydrogens is 234 g/mol. The van der Waals surface area contributed by atoms with Gasteiger partial charge in [0.25, 0.3) is 0 Å². The molecule has 0 bridgehead atoms. The van der Waals surface area contributed by atoms with Crippen LogP contribution in [0.2, 0.25) is 0 Å². The van der Waals surface area contributed by atoms with E-state index in [1.807, 2.05) is 31.2 Å². The molecule has 2 amide bonds. The molecule has 0 saturated carbocycles. The van der Waals surface area contributed by atoms with E-state index in [1.165, 1.54) is 0 Å². The minimum atomic E-state index is -0.211. The molecule has 0 aliphatic heterocycles. The van der Waals surface area contributed by atoms with Gasteiger partial charge >= 0.3 is 6.03 Å². The van der Waals surface area contributed by atoms with E-state index in [2.05, 4.69) is 10.6 Å². The van der Waals surface area contributed by atoms with E-state index < -0.39 is 0 Å². The second-order valence-corrected chi connectivity index (χ2v) is 4.34. The lowest BCUT2D eigenvalue weighted by Gasteiger charge is -2.07. The number of thiocarbonyl (C=S) groups is 1. The van der Waals surface area contributed by atoms with E-state index in [0.717, 1.165) is 17.7 Å². The van der Waals surface area contributed by atoms with E-state index >= 15 is 0 Å². The van der Waals surface area contributed by atoms with Gasteiger partial charge in [0.2, 0.25) is 0 Å². The molecule has 0 aliphatic rings. The highest BCUT2D eigenvalue weighted by Crippen LogP contribution is 2.07. The predicted octanol–water partition coefficient (Wildman–Crippen LogP) is 2.18. The maximum Gasteiger partial charge on any atom is 0.319 e. The van der Waals surface area contributed by atoms with Gasteiger partial charge in [-0.25, -0.2) is 4.79 Å². The van der Waals surface area contributed by atoms with Crippen LogP contribution in [0.5, 0.6) is 0 Å². The third-order valence-corrected chi connectivity index (χ3v) is 2.40. The van der Waals surface area contributed by atoms with Gasteiger partial charge in [0, 0.05) is 12.2 Å². The lowest BCUT2D eigenvalue weighted by atomic mass is 10.2. The smallest absolute Gasteiger partial charge is 0.319 e. The van der Waals surface area contributed by atoms with Crippen molar-refractivity contribution in [1.29, 1.82) is 0 Å². The second kappa shape index (κ2) is 6.85. The van der Waals surface area contributed by atoms with E-state index in [-0.39, 0.29) is 6.03 Å². The molecule has 0 unspecified atom stereocenters. The molecule has 0 radical (unpaired) electrons. The maximum atomic E-state index is 11.5. The van der Waals surface area contributed by atoms with Gasteiger partial charge in [0.1, 0.15) is 0 Å². The number of carbonyl (C=O) groups is 1. The third kappa shape index (κ3) is 5.87. The zero-order valence-corrected chi connectivity index (χ0v) is 10.6. The number of benzene rings is 1. The highest BCUT2D eigenvalue weighted by atomic mass is 32.1. The minimum absolute atomic E-state index is 0.211. The van der Waals surface area contributed by atoms with Crippen LogP contribution in [0, 0.1) is 6.92 Å². The Morgan fingerprint density at radius 1 is 1.35 bits per heavy atom. The van der Waals surface area contributed by atoms with Crippen molar-refractivity contribution in [2.24, 2.45) is 5.73 Å². The molecule has 4 N–H and O–H groups in total. The Balaban J connectivity index is 2.25. The van der Waals surface area contributed by atoms with Crippen LogP contribution in [-0.4, -0.2) is 17.6 Å². The van der Waals surface area contributed by atoms with Crippen LogP contribution in [0.1, 0.15) is 18.4 Å². The van der Waals surface area contributed by atoms with Crippen molar-refractivity contribution < 1.29 is 4.79 Å². The molecule has 0 heterocycles. The molecule has 1 aromatic rings. The maximum absolute atomic E-state index is 11.5. The first-order valence-corrected chi connectivity index (χ1v) is 5.88. The Kier molecular flexibility index (Phi) is 5.42. The van der Waals surface area contributed by atoms with Gasteiger partial charge in [-0.15, -0.1) is 0 Å². The summed E-state index contributed by atoms with van der Waals surface area (Å²) in [5, 5.41) is 5.48. The molecule has 1 aromatic carbocycles. The summed E-state index contributed by atoms with van der Waals surface area (Å²) in [5.74, 6) is 0. The molecule has 17 heavy (non-hydrogen) atoms. The highest BCUT2D eigenvalue weighted by molar-refractivity contribution is 7.80. The number of amides is 2. The van der Waals surface area contributed by atoms with Crippen molar-refractivity contribution >= 4 is 28.9 Å². The second-order valence-electron chi connectivity index (χ2n) is 3.82. The monoisotopic (exact) mass is 251 g/mol. The lowest BCUT2D eigenvalue weighted by molar-refractivity contribution is 0.252. The normalized spacial score (nSPS) is 9.71. The SMILES string of the molecule is Cc1ccc(NC(=O)NCCCC(N)=S)cc1. The van der Waals surface area contributed by atoms with Gasteiger partial charge < -0.3 is 16.4 Å². The molecule has 4 nitrogen and oxygen atoms in total. The van der Waals surface area contributed by atoms with Gasteiger partial charge in [-0.05, 0) is 31.9 Å². The number of nitrogens with one attached hydrogen (secondary N) is 2. The number of rotatable bonds is 5. The Morgan fingerprint density at radius 3 is 2.59 bits per heavy atom. The van der Waals surface area contributed by atoms with Crippen molar-refractivity contribution in [1.82, 2.24) is 5.32 Å². The highest BCUT2D eigenvalue weighted by Gasteiger charge is 2.00. The van der Waals surface area contributed by atoms with Gasteiger partial charge in [-0.2, -0.15) is 0 Å². The third-order valence-electron chi connectivity index (χ3n) is 2.19. The Morgan fingerprint density at radius 2 is 2.00 bits per heavy atom. The first-order valence-electron chi connectivity index (χ1n) is 5.48. The zero-order valence-electron chi connectivity index (χ0n) is 9.82. The Bertz CT molecular complexity index is 389. The average Bonchev–Trinajstić information content (AvgIpc) is 2.27. The number of hydrogen-bond donors (Lipinski definition) is 3. The van der Waals surface area contributed by atoms with Crippen molar-refractivity contribution in [3.8, 4) is 0 Å². The van der Waals surface area contributed by atoms with Gasteiger partial charge in [-0.3, -0.25) is 0 Å².